The lowest BCUT2D eigenvalue weighted by Gasteiger charge is -2.27. The molecule has 0 aliphatic carbocycles. The topological polar surface area (TPSA) is 63.2 Å². The van der Waals surface area contributed by atoms with Crippen LogP contribution in [-0.2, 0) is 29.3 Å². The van der Waals surface area contributed by atoms with E-state index in [9.17, 15) is 8.42 Å². The Hall–Kier alpha value is -1.61. The second-order valence-electron chi connectivity index (χ2n) is 6.10. The van der Waals surface area contributed by atoms with Gasteiger partial charge >= 0.3 is 0 Å². The van der Waals surface area contributed by atoms with Crippen LogP contribution in [0, 0.1) is 0 Å². The smallest absolute Gasteiger partial charge is 0.246 e. The highest BCUT2D eigenvalue weighted by Crippen LogP contribution is 2.32. The van der Waals surface area contributed by atoms with Gasteiger partial charge in [-0.3, -0.25) is 4.90 Å². The highest BCUT2D eigenvalue weighted by Gasteiger charge is 2.21. The summed E-state index contributed by atoms with van der Waals surface area (Å²) >= 11 is 3.59. The first-order valence-corrected chi connectivity index (χ1v) is 11.5. The Morgan fingerprint density at radius 3 is 2.88 bits per heavy atom. The maximum Gasteiger partial charge on any atom is 0.246 e. The van der Waals surface area contributed by atoms with Crippen molar-refractivity contribution in [2.45, 2.75) is 24.7 Å². The van der Waals surface area contributed by atoms with Crippen molar-refractivity contribution in [3.63, 3.8) is 0 Å². The zero-order valence-corrected chi connectivity index (χ0v) is 16.1. The molecule has 4 heterocycles. The molecule has 4 rings (SSSR count). The summed E-state index contributed by atoms with van der Waals surface area (Å²) in [6.45, 7) is 2.52. The Morgan fingerprint density at radius 2 is 2.12 bits per heavy atom. The van der Waals surface area contributed by atoms with Gasteiger partial charge in [-0.1, -0.05) is 6.07 Å². The van der Waals surface area contributed by atoms with Gasteiger partial charge < -0.3 is 0 Å². The number of thiophene rings is 2. The van der Waals surface area contributed by atoms with E-state index < -0.39 is 9.84 Å². The van der Waals surface area contributed by atoms with Crippen LogP contribution >= 0.6 is 22.7 Å². The Balaban J connectivity index is 1.48. The lowest BCUT2D eigenvalue weighted by Crippen LogP contribution is -2.31. The standard InChI is InChI=1S/C17H17N3O2S3/c1-25(21,22)17-18-9-12-10-20(7-6-14(12)19-17)11-13-4-5-16(24-13)15-3-2-8-23-15/h2-5,8-9H,6-7,10-11H2,1H3. The minimum absolute atomic E-state index is 0.0708. The van der Waals surface area contributed by atoms with Crippen molar-refractivity contribution in [1.82, 2.24) is 14.9 Å². The van der Waals surface area contributed by atoms with Gasteiger partial charge in [0.25, 0.3) is 0 Å². The fraction of sp³-hybridized carbons (Fsp3) is 0.294. The predicted octanol–water partition coefficient (Wildman–Crippen LogP) is 3.23. The molecule has 0 bridgehead atoms. The maximum absolute atomic E-state index is 11.6. The summed E-state index contributed by atoms with van der Waals surface area (Å²) in [7, 11) is -3.35. The minimum atomic E-state index is -3.35. The van der Waals surface area contributed by atoms with E-state index >= 15 is 0 Å². The molecular formula is C17H17N3O2S3. The third-order valence-electron chi connectivity index (χ3n) is 4.13. The zero-order chi connectivity index (χ0) is 17.4. The molecule has 0 aromatic carbocycles. The predicted molar refractivity (Wildman–Crippen MR) is 101 cm³/mol. The average molecular weight is 392 g/mol. The van der Waals surface area contributed by atoms with Crippen LogP contribution in [0.3, 0.4) is 0 Å². The fourth-order valence-corrected chi connectivity index (χ4v) is 5.31. The van der Waals surface area contributed by atoms with E-state index in [1.54, 1.807) is 17.5 Å². The number of aromatic nitrogens is 2. The molecule has 1 aliphatic rings. The second-order valence-corrected chi connectivity index (χ2v) is 10.1. The van der Waals surface area contributed by atoms with Crippen molar-refractivity contribution in [2.24, 2.45) is 0 Å². The molecule has 0 spiro atoms. The summed E-state index contributed by atoms with van der Waals surface area (Å²) in [6, 6.07) is 8.60. The quantitative estimate of drug-likeness (QED) is 0.639. The highest BCUT2D eigenvalue weighted by atomic mass is 32.2. The molecule has 3 aromatic rings. The van der Waals surface area contributed by atoms with Gasteiger partial charge in [-0.05, 0) is 23.6 Å². The summed E-state index contributed by atoms with van der Waals surface area (Å²) in [5.74, 6) is 0. The van der Waals surface area contributed by atoms with E-state index in [4.69, 9.17) is 0 Å². The monoisotopic (exact) mass is 391 g/mol. The third-order valence-corrected chi connectivity index (χ3v) is 7.12. The molecule has 0 radical (unpaired) electrons. The summed E-state index contributed by atoms with van der Waals surface area (Å²) in [5, 5.41) is 2.03. The first-order valence-electron chi connectivity index (χ1n) is 7.89. The van der Waals surface area contributed by atoms with E-state index in [1.165, 1.54) is 14.6 Å². The first kappa shape index (κ1) is 16.8. The molecule has 0 saturated carbocycles. The molecule has 0 saturated heterocycles. The zero-order valence-electron chi connectivity index (χ0n) is 13.7. The van der Waals surface area contributed by atoms with E-state index in [0.717, 1.165) is 43.6 Å². The fourth-order valence-electron chi connectivity index (χ4n) is 2.90. The number of hydrogen-bond donors (Lipinski definition) is 0. The van der Waals surface area contributed by atoms with Crippen molar-refractivity contribution < 1.29 is 8.42 Å². The van der Waals surface area contributed by atoms with Gasteiger partial charge in [0.1, 0.15) is 0 Å². The SMILES string of the molecule is CS(=O)(=O)c1ncc2c(n1)CCN(Cc1ccc(-c3cccs3)s1)C2. The number of nitrogens with zero attached hydrogens (tertiary/aromatic N) is 3. The Bertz CT molecular complexity index is 994. The largest absolute Gasteiger partial charge is 0.293 e. The summed E-state index contributed by atoms with van der Waals surface area (Å²) in [5.41, 5.74) is 1.88. The molecule has 0 atom stereocenters. The number of rotatable bonds is 4. The Kier molecular flexibility index (Phi) is 4.45. The summed E-state index contributed by atoms with van der Waals surface area (Å²) in [6.07, 6.45) is 3.56. The number of hydrogen-bond acceptors (Lipinski definition) is 7. The second kappa shape index (κ2) is 6.60. The Labute approximate surface area is 154 Å². The first-order chi connectivity index (χ1) is 12.0. The van der Waals surface area contributed by atoms with Crippen molar-refractivity contribution in [1.29, 1.82) is 0 Å². The molecule has 130 valence electrons. The molecule has 1 aliphatic heterocycles. The van der Waals surface area contributed by atoms with Crippen molar-refractivity contribution in [2.75, 3.05) is 12.8 Å². The molecule has 0 N–H and O–H groups in total. The van der Waals surface area contributed by atoms with Gasteiger partial charge in [-0.25, -0.2) is 18.4 Å². The molecule has 3 aromatic heterocycles. The number of fused-ring (bicyclic) bond motifs is 1. The lowest BCUT2D eigenvalue weighted by atomic mass is 10.1. The molecule has 8 heteroatoms. The highest BCUT2D eigenvalue weighted by molar-refractivity contribution is 7.90. The summed E-state index contributed by atoms with van der Waals surface area (Å²) < 4.78 is 23.2. The molecule has 5 nitrogen and oxygen atoms in total. The van der Waals surface area contributed by atoms with Crippen LogP contribution in [-0.4, -0.2) is 36.1 Å². The van der Waals surface area contributed by atoms with Gasteiger partial charge in [0.15, 0.2) is 0 Å². The molecule has 0 amide bonds. The van der Waals surface area contributed by atoms with Crippen LogP contribution in [0.5, 0.6) is 0 Å². The van der Waals surface area contributed by atoms with Gasteiger partial charge in [-0.2, -0.15) is 0 Å². The van der Waals surface area contributed by atoms with E-state index in [0.29, 0.717) is 0 Å². The lowest BCUT2D eigenvalue weighted by molar-refractivity contribution is 0.244. The minimum Gasteiger partial charge on any atom is -0.293 e. The van der Waals surface area contributed by atoms with Gasteiger partial charge in [0, 0.05) is 58.7 Å². The van der Waals surface area contributed by atoms with Crippen molar-refractivity contribution >= 4 is 32.5 Å². The van der Waals surface area contributed by atoms with E-state index in [2.05, 4.69) is 44.5 Å². The Morgan fingerprint density at radius 1 is 1.24 bits per heavy atom. The van der Waals surface area contributed by atoms with Gasteiger partial charge in [-0.15, -0.1) is 22.7 Å². The van der Waals surface area contributed by atoms with Crippen molar-refractivity contribution in [3.05, 3.63) is 52.0 Å². The van der Waals surface area contributed by atoms with Crippen molar-refractivity contribution in [3.8, 4) is 9.75 Å². The number of sulfone groups is 1. The molecule has 25 heavy (non-hydrogen) atoms. The molecule has 0 fully saturated rings. The van der Waals surface area contributed by atoms with Crippen LogP contribution in [0.25, 0.3) is 9.75 Å². The third kappa shape index (κ3) is 3.67. The van der Waals surface area contributed by atoms with Crippen LogP contribution in [0.1, 0.15) is 16.1 Å². The average Bonchev–Trinajstić information content (AvgIpc) is 3.24. The maximum atomic E-state index is 11.6. The van der Waals surface area contributed by atoms with Crippen LogP contribution in [0.15, 0.2) is 41.0 Å². The van der Waals surface area contributed by atoms with Crippen LogP contribution in [0.2, 0.25) is 0 Å². The molecule has 0 unspecified atom stereocenters. The van der Waals surface area contributed by atoms with Crippen LogP contribution in [0.4, 0.5) is 0 Å². The van der Waals surface area contributed by atoms with E-state index in [-0.39, 0.29) is 5.16 Å². The summed E-state index contributed by atoms with van der Waals surface area (Å²) in [4.78, 5) is 14.6. The normalized spacial score (nSPS) is 15.2. The van der Waals surface area contributed by atoms with E-state index in [1.807, 2.05) is 11.3 Å². The molecular weight excluding hydrogens is 374 g/mol. The van der Waals surface area contributed by atoms with Crippen LogP contribution < -0.4 is 0 Å². The van der Waals surface area contributed by atoms with Gasteiger partial charge in [0.2, 0.25) is 15.0 Å². The van der Waals surface area contributed by atoms with Gasteiger partial charge in [0.05, 0.1) is 5.69 Å².